The lowest BCUT2D eigenvalue weighted by Crippen LogP contribution is -2.43. The maximum absolute atomic E-state index is 12.7. The van der Waals surface area contributed by atoms with Crippen LogP contribution in [0.1, 0.15) is 55.2 Å². The van der Waals surface area contributed by atoms with Gasteiger partial charge in [-0.3, -0.25) is 9.36 Å². The number of nitrogens with zero attached hydrogens (tertiary/aromatic N) is 2. The van der Waals surface area contributed by atoms with Gasteiger partial charge in [-0.1, -0.05) is 32.9 Å². The van der Waals surface area contributed by atoms with Crippen LogP contribution in [0.25, 0.3) is 5.82 Å². The van der Waals surface area contributed by atoms with E-state index in [2.05, 4.69) is 10.5 Å². The molecule has 0 radical (unpaired) electrons. The number of rotatable bonds is 6. The predicted molar refractivity (Wildman–Crippen MR) is 97.0 cm³/mol. The predicted octanol–water partition coefficient (Wildman–Crippen LogP) is 3.16. The molecule has 138 valence electrons. The lowest BCUT2D eigenvalue weighted by Gasteiger charge is -2.33. The molecule has 0 spiro atoms. The highest BCUT2D eigenvalue weighted by Crippen LogP contribution is 2.26. The minimum Gasteiger partial charge on any atom is -0.392 e. The Hall–Kier alpha value is -2.08. The Balaban J connectivity index is 2.18. The SMILES string of the molecule is Cc1cc(-n2c(C)cc(C(=O)NCC(C)(C)C(O)C(C)C)c2C)no1. The molecular weight excluding hydrogens is 318 g/mol. The van der Waals surface area contributed by atoms with Crippen molar-refractivity contribution in [1.29, 1.82) is 0 Å². The second kappa shape index (κ2) is 7.04. The van der Waals surface area contributed by atoms with E-state index in [1.54, 1.807) is 0 Å². The topological polar surface area (TPSA) is 80.3 Å². The van der Waals surface area contributed by atoms with Crippen molar-refractivity contribution in [2.24, 2.45) is 11.3 Å². The van der Waals surface area contributed by atoms with Crippen LogP contribution < -0.4 is 5.32 Å². The number of hydrogen-bond acceptors (Lipinski definition) is 4. The number of aryl methyl sites for hydroxylation is 2. The summed E-state index contributed by atoms with van der Waals surface area (Å²) in [6.45, 7) is 13.9. The van der Waals surface area contributed by atoms with Crippen LogP contribution in [-0.4, -0.2) is 33.4 Å². The molecule has 0 bridgehead atoms. The molecule has 1 atom stereocenters. The Morgan fingerprint density at radius 2 is 1.96 bits per heavy atom. The van der Waals surface area contributed by atoms with E-state index in [1.807, 2.05) is 65.2 Å². The van der Waals surface area contributed by atoms with Crippen molar-refractivity contribution < 1.29 is 14.4 Å². The van der Waals surface area contributed by atoms with Crippen LogP contribution in [0.15, 0.2) is 16.7 Å². The molecule has 2 aromatic heterocycles. The van der Waals surface area contributed by atoms with Crippen LogP contribution in [0.3, 0.4) is 0 Å². The van der Waals surface area contributed by atoms with Gasteiger partial charge in [-0.15, -0.1) is 0 Å². The van der Waals surface area contributed by atoms with Gasteiger partial charge in [0.1, 0.15) is 5.76 Å². The highest BCUT2D eigenvalue weighted by Gasteiger charge is 2.31. The largest absolute Gasteiger partial charge is 0.392 e. The first-order chi connectivity index (χ1) is 11.5. The third-order valence-corrected chi connectivity index (χ3v) is 4.66. The Kier molecular flexibility index (Phi) is 5.42. The third-order valence-electron chi connectivity index (χ3n) is 4.66. The minimum atomic E-state index is -0.488. The molecule has 0 aliphatic heterocycles. The van der Waals surface area contributed by atoms with Gasteiger partial charge >= 0.3 is 0 Å². The summed E-state index contributed by atoms with van der Waals surface area (Å²) < 4.78 is 7.04. The fourth-order valence-electron chi connectivity index (χ4n) is 3.21. The van der Waals surface area contributed by atoms with Crippen LogP contribution in [0, 0.1) is 32.1 Å². The Labute approximate surface area is 149 Å². The standard InChI is InChI=1S/C19H29N3O3/c1-11(2)17(23)19(6,7)10-20-18(24)15-8-12(3)22(14(15)5)16-9-13(4)25-21-16/h8-9,11,17,23H,10H2,1-7H3,(H,20,24). The highest BCUT2D eigenvalue weighted by atomic mass is 16.5. The van der Waals surface area contributed by atoms with Crippen LogP contribution >= 0.6 is 0 Å². The molecule has 2 heterocycles. The van der Waals surface area contributed by atoms with Crippen molar-refractivity contribution in [1.82, 2.24) is 15.0 Å². The fourth-order valence-corrected chi connectivity index (χ4v) is 3.21. The Morgan fingerprint density at radius 1 is 1.32 bits per heavy atom. The van der Waals surface area contributed by atoms with Gasteiger partial charge in [0.05, 0.1) is 11.7 Å². The Morgan fingerprint density at radius 3 is 2.48 bits per heavy atom. The summed E-state index contributed by atoms with van der Waals surface area (Å²) in [7, 11) is 0. The van der Waals surface area contributed by atoms with E-state index in [0.29, 0.717) is 17.9 Å². The van der Waals surface area contributed by atoms with Crippen LogP contribution in [0.4, 0.5) is 0 Å². The summed E-state index contributed by atoms with van der Waals surface area (Å²) in [5, 5.41) is 17.3. The van der Waals surface area contributed by atoms with Crippen molar-refractivity contribution in [3.63, 3.8) is 0 Å². The zero-order valence-corrected chi connectivity index (χ0v) is 16.2. The molecule has 0 fully saturated rings. The average molecular weight is 347 g/mol. The van der Waals surface area contributed by atoms with E-state index in [9.17, 15) is 9.90 Å². The monoisotopic (exact) mass is 347 g/mol. The van der Waals surface area contributed by atoms with Crippen molar-refractivity contribution in [3.8, 4) is 5.82 Å². The summed E-state index contributed by atoms with van der Waals surface area (Å²) in [4.78, 5) is 12.7. The fraction of sp³-hybridized carbons (Fsp3) is 0.579. The van der Waals surface area contributed by atoms with Crippen LogP contribution in [0.2, 0.25) is 0 Å². The van der Waals surface area contributed by atoms with E-state index >= 15 is 0 Å². The first kappa shape index (κ1) is 19.2. The second-order valence-corrected chi connectivity index (χ2v) is 7.78. The molecule has 0 aromatic carbocycles. The smallest absolute Gasteiger partial charge is 0.253 e. The van der Waals surface area contributed by atoms with Crippen molar-refractivity contribution in [2.45, 2.75) is 54.6 Å². The summed E-state index contributed by atoms with van der Waals surface area (Å²) in [5.41, 5.74) is 1.93. The molecule has 0 aliphatic carbocycles. The number of carbonyl (C=O) groups is 1. The number of amides is 1. The number of aliphatic hydroxyl groups is 1. The molecule has 2 aromatic rings. The maximum atomic E-state index is 12.7. The molecule has 1 amide bonds. The van der Waals surface area contributed by atoms with Gasteiger partial charge in [0.15, 0.2) is 5.82 Å². The van der Waals surface area contributed by atoms with Crippen LogP contribution in [0.5, 0.6) is 0 Å². The summed E-state index contributed by atoms with van der Waals surface area (Å²) in [6.07, 6.45) is -0.488. The zero-order chi connectivity index (χ0) is 18.9. The zero-order valence-electron chi connectivity index (χ0n) is 16.2. The lowest BCUT2D eigenvalue weighted by molar-refractivity contribution is 0.0138. The minimum absolute atomic E-state index is 0.132. The van der Waals surface area contributed by atoms with Crippen molar-refractivity contribution >= 4 is 5.91 Å². The van der Waals surface area contributed by atoms with E-state index in [1.165, 1.54) is 0 Å². The number of hydrogen-bond donors (Lipinski definition) is 2. The van der Waals surface area contributed by atoms with Gasteiger partial charge in [0.25, 0.3) is 5.91 Å². The van der Waals surface area contributed by atoms with E-state index in [4.69, 9.17) is 4.52 Å². The van der Waals surface area contributed by atoms with E-state index in [0.717, 1.165) is 17.1 Å². The number of carbonyl (C=O) groups excluding carboxylic acids is 1. The summed E-state index contributed by atoms with van der Waals surface area (Å²) in [5.74, 6) is 1.37. The van der Waals surface area contributed by atoms with Gasteiger partial charge in [0, 0.05) is 29.4 Å². The second-order valence-electron chi connectivity index (χ2n) is 7.78. The molecule has 6 heteroatoms. The number of aliphatic hydroxyl groups excluding tert-OH is 1. The molecule has 0 saturated carbocycles. The molecule has 0 aliphatic rings. The average Bonchev–Trinajstić information content (AvgIpc) is 3.07. The summed E-state index contributed by atoms with van der Waals surface area (Å²) >= 11 is 0. The van der Waals surface area contributed by atoms with E-state index < -0.39 is 11.5 Å². The third kappa shape index (κ3) is 3.95. The molecule has 25 heavy (non-hydrogen) atoms. The van der Waals surface area contributed by atoms with Crippen molar-refractivity contribution in [3.05, 3.63) is 34.8 Å². The quantitative estimate of drug-likeness (QED) is 0.841. The summed E-state index contributed by atoms with van der Waals surface area (Å²) in [6, 6.07) is 3.68. The van der Waals surface area contributed by atoms with Crippen molar-refractivity contribution in [2.75, 3.05) is 6.54 Å². The molecule has 2 rings (SSSR count). The van der Waals surface area contributed by atoms with Gasteiger partial charge in [-0.05, 0) is 32.8 Å². The Bertz CT molecular complexity index is 756. The number of aromatic nitrogens is 2. The van der Waals surface area contributed by atoms with Gasteiger partial charge in [0.2, 0.25) is 0 Å². The number of nitrogens with one attached hydrogen (secondary N) is 1. The molecule has 6 nitrogen and oxygen atoms in total. The molecule has 1 unspecified atom stereocenters. The highest BCUT2D eigenvalue weighted by molar-refractivity contribution is 5.95. The first-order valence-electron chi connectivity index (χ1n) is 8.63. The van der Waals surface area contributed by atoms with Gasteiger partial charge < -0.3 is 14.9 Å². The van der Waals surface area contributed by atoms with Gasteiger partial charge in [-0.2, -0.15) is 0 Å². The first-order valence-corrected chi connectivity index (χ1v) is 8.63. The lowest BCUT2D eigenvalue weighted by atomic mass is 9.80. The molecule has 0 saturated heterocycles. The molecular formula is C19H29N3O3. The van der Waals surface area contributed by atoms with E-state index in [-0.39, 0.29) is 11.8 Å². The maximum Gasteiger partial charge on any atom is 0.253 e. The normalized spacial score (nSPS) is 13.3. The molecule has 2 N–H and O–H groups in total. The van der Waals surface area contributed by atoms with Gasteiger partial charge in [-0.25, -0.2) is 0 Å². The van der Waals surface area contributed by atoms with Crippen LogP contribution in [-0.2, 0) is 0 Å².